The van der Waals surface area contributed by atoms with Crippen molar-refractivity contribution < 1.29 is 9.53 Å². The highest BCUT2D eigenvalue weighted by atomic mass is 32.2. The molecule has 0 aliphatic rings. The van der Waals surface area contributed by atoms with E-state index < -0.39 is 0 Å². The van der Waals surface area contributed by atoms with E-state index in [1.807, 2.05) is 84.1 Å². The molecule has 7 heteroatoms. The van der Waals surface area contributed by atoms with Crippen LogP contribution in [0.4, 0.5) is 5.69 Å². The van der Waals surface area contributed by atoms with Crippen molar-refractivity contribution in [3.8, 4) is 11.5 Å². The predicted molar refractivity (Wildman–Crippen MR) is 128 cm³/mol. The zero-order valence-corrected chi connectivity index (χ0v) is 18.2. The quantitative estimate of drug-likeness (QED) is 0.342. The zero-order chi connectivity index (χ0) is 21.9. The highest BCUT2D eigenvalue weighted by molar-refractivity contribution is 7.99. The van der Waals surface area contributed by atoms with Gasteiger partial charge in [-0.25, -0.2) is 0 Å². The van der Waals surface area contributed by atoms with Crippen LogP contribution in [0.1, 0.15) is 5.56 Å². The summed E-state index contributed by atoms with van der Waals surface area (Å²) in [5.74, 6) is 1.35. The second kappa shape index (κ2) is 8.72. The average Bonchev–Trinajstić information content (AvgIpc) is 3.25. The van der Waals surface area contributed by atoms with Crippen LogP contribution in [0.25, 0.3) is 16.6 Å². The van der Waals surface area contributed by atoms with E-state index in [0.29, 0.717) is 22.3 Å². The van der Waals surface area contributed by atoms with Crippen molar-refractivity contribution in [2.45, 2.75) is 12.1 Å². The maximum absolute atomic E-state index is 12.7. The lowest BCUT2D eigenvalue weighted by Crippen LogP contribution is -2.15. The number of rotatable bonds is 6. The van der Waals surface area contributed by atoms with Crippen LogP contribution in [0.15, 0.2) is 90.1 Å². The number of benzene rings is 3. The Labute approximate surface area is 189 Å². The Hall–Kier alpha value is -3.84. The van der Waals surface area contributed by atoms with Crippen molar-refractivity contribution in [2.24, 2.45) is 0 Å². The first kappa shape index (κ1) is 20.1. The van der Waals surface area contributed by atoms with Gasteiger partial charge in [0.2, 0.25) is 5.91 Å². The fraction of sp³-hybridized carbons (Fsp3) is 0.0800. The summed E-state index contributed by atoms with van der Waals surface area (Å²) in [7, 11) is 0. The maximum atomic E-state index is 12.7. The highest BCUT2D eigenvalue weighted by Gasteiger charge is 2.15. The van der Waals surface area contributed by atoms with E-state index >= 15 is 0 Å². The molecule has 5 aromatic rings. The van der Waals surface area contributed by atoms with Crippen molar-refractivity contribution in [3.05, 3.63) is 90.5 Å². The molecule has 0 aliphatic heterocycles. The van der Waals surface area contributed by atoms with Gasteiger partial charge in [0.1, 0.15) is 5.75 Å². The Morgan fingerprint density at radius 1 is 0.969 bits per heavy atom. The molecule has 2 aromatic heterocycles. The summed E-state index contributed by atoms with van der Waals surface area (Å²) in [5, 5.41) is 13.4. The van der Waals surface area contributed by atoms with Crippen molar-refractivity contribution in [1.82, 2.24) is 14.6 Å². The molecule has 0 atom stereocenters. The fourth-order valence-electron chi connectivity index (χ4n) is 3.54. The number of carbonyl (C=O) groups excluding carboxylic acids is 1. The summed E-state index contributed by atoms with van der Waals surface area (Å²) in [6.07, 6.45) is 0. The Balaban J connectivity index is 1.34. The fourth-order valence-corrected chi connectivity index (χ4v) is 4.28. The van der Waals surface area contributed by atoms with Gasteiger partial charge in [-0.3, -0.25) is 9.20 Å². The summed E-state index contributed by atoms with van der Waals surface area (Å²) in [5.41, 5.74) is 3.48. The second-order valence-electron chi connectivity index (χ2n) is 7.28. The first-order valence-electron chi connectivity index (χ1n) is 10.2. The number of amides is 1. The number of pyridine rings is 1. The summed E-state index contributed by atoms with van der Waals surface area (Å²) in [6, 6.07) is 27.1. The molecule has 5 rings (SSSR count). The summed E-state index contributed by atoms with van der Waals surface area (Å²) in [4.78, 5) is 12.7. The van der Waals surface area contributed by atoms with E-state index in [0.717, 1.165) is 22.1 Å². The molecule has 6 nitrogen and oxygen atoms in total. The minimum absolute atomic E-state index is 0.146. The van der Waals surface area contributed by atoms with E-state index in [1.54, 1.807) is 0 Å². The molecule has 0 radical (unpaired) electrons. The van der Waals surface area contributed by atoms with Gasteiger partial charge in [0, 0.05) is 0 Å². The molecule has 1 N–H and O–H groups in total. The lowest BCUT2D eigenvalue weighted by molar-refractivity contribution is -0.113. The molecule has 0 saturated carbocycles. The number of aromatic nitrogens is 3. The Morgan fingerprint density at radius 2 is 1.72 bits per heavy atom. The van der Waals surface area contributed by atoms with Gasteiger partial charge < -0.3 is 10.1 Å². The number of hydrogen-bond acceptors (Lipinski definition) is 5. The number of nitrogens with one attached hydrogen (secondary N) is 1. The topological polar surface area (TPSA) is 68.5 Å². The van der Waals surface area contributed by atoms with Gasteiger partial charge >= 0.3 is 0 Å². The molecule has 0 unspecified atom stereocenters. The van der Waals surface area contributed by atoms with Crippen LogP contribution in [0.2, 0.25) is 0 Å². The molecule has 158 valence electrons. The van der Waals surface area contributed by atoms with Crippen molar-refractivity contribution in [3.63, 3.8) is 0 Å². The largest absolute Gasteiger partial charge is 0.455 e. The van der Waals surface area contributed by atoms with Gasteiger partial charge in [-0.2, -0.15) is 0 Å². The number of carbonyl (C=O) groups is 1. The van der Waals surface area contributed by atoms with Gasteiger partial charge in [0.05, 0.1) is 17.0 Å². The highest BCUT2D eigenvalue weighted by Crippen LogP contribution is 2.30. The molecule has 0 fully saturated rings. The summed E-state index contributed by atoms with van der Waals surface area (Å²) in [6.45, 7) is 2.02. The third kappa shape index (κ3) is 4.02. The summed E-state index contributed by atoms with van der Waals surface area (Å²) < 4.78 is 7.94. The van der Waals surface area contributed by atoms with E-state index in [4.69, 9.17) is 4.74 Å². The SMILES string of the molecule is Cc1cc2ccccc2n2c(SCC(=O)Nc3ccccc3Oc3ccccc3)nnc12. The monoisotopic (exact) mass is 440 g/mol. The van der Waals surface area contributed by atoms with Crippen LogP contribution in [0.3, 0.4) is 0 Å². The summed E-state index contributed by atoms with van der Waals surface area (Å²) >= 11 is 1.35. The molecule has 0 aliphatic carbocycles. The molecule has 0 spiro atoms. The Kier molecular flexibility index (Phi) is 5.47. The predicted octanol–water partition coefficient (Wildman–Crippen LogP) is 5.71. The number of thioether (sulfide) groups is 1. The maximum Gasteiger partial charge on any atom is 0.234 e. The third-order valence-corrected chi connectivity index (χ3v) is 5.93. The van der Waals surface area contributed by atoms with Crippen LogP contribution in [0.5, 0.6) is 11.5 Å². The number of anilines is 1. The van der Waals surface area contributed by atoms with Crippen molar-refractivity contribution >= 4 is 39.9 Å². The van der Waals surface area contributed by atoms with Gasteiger partial charge in [0.25, 0.3) is 0 Å². The number of nitrogens with zero attached hydrogens (tertiary/aromatic N) is 3. The number of ether oxygens (including phenoxy) is 1. The standard InChI is InChI=1S/C25H20N4O2S/c1-17-15-18-9-5-7-13-21(18)29-24(17)27-28-25(29)32-16-23(30)26-20-12-6-8-14-22(20)31-19-10-3-2-4-11-19/h2-15H,16H2,1H3,(H,26,30). The van der Waals surface area contributed by atoms with Crippen LogP contribution in [-0.2, 0) is 4.79 Å². The molecule has 0 saturated heterocycles. The van der Waals surface area contributed by atoms with Gasteiger partial charge in [-0.05, 0) is 54.3 Å². The molecular weight excluding hydrogens is 420 g/mol. The van der Waals surface area contributed by atoms with Gasteiger partial charge in [-0.1, -0.05) is 60.3 Å². The molecular formula is C25H20N4O2S. The molecule has 2 heterocycles. The zero-order valence-electron chi connectivity index (χ0n) is 17.4. The van der Waals surface area contributed by atoms with E-state index in [2.05, 4.69) is 27.6 Å². The minimum Gasteiger partial charge on any atom is -0.455 e. The lowest BCUT2D eigenvalue weighted by Gasteiger charge is -2.12. The molecule has 1 amide bonds. The third-order valence-electron chi connectivity index (χ3n) is 5.00. The molecule has 32 heavy (non-hydrogen) atoms. The normalized spacial score (nSPS) is 11.0. The van der Waals surface area contributed by atoms with Crippen LogP contribution in [-0.4, -0.2) is 26.3 Å². The number of hydrogen-bond donors (Lipinski definition) is 1. The van der Waals surface area contributed by atoms with Crippen LogP contribution < -0.4 is 10.1 Å². The van der Waals surface area contributed by atoms with E-state index in [9.17, 15) is 4.79 Å². The second-order valence-corrected chi connectivity index (χ2v) is 8.22. The van der Waals surface area contributed by atoms with Gasteiger partial charge in [0.15, 0.2) is 16.6 Å². The van der Waals surface area contributed by atoms with Crippen molar-refractivity contribution in [1.29, 1.82) is 0 Å². The average molecular weight is 441 g/mol. The van der Waals surface area contributed by atoms with Crippen LogP contribution in [0, 0.1) is 6.92 Å². The van der Waals surface area contributed by atoms with Crippen LogP contribution >= 0.6 is 11.8 Å². The molecule has 3 aromatic carbocycles. The number of aryl methyl sites for hydroxylation is 1. The first-order chi connectivity index (χ1) is 15.7. The van der Waals surface area contributed by atoms with Crippen molar-refractivity contribution in [2.75, 3.05) is 11.1 Å². The van der Waals surface area contributed by atoms with Gasteiger partial charge in [-0.15, -0.1) is 10.2 Å². The van der Waals surface area contributed by atoms with E-state index in [1.165, 1.54) is 11.8 Å². The lowest BCUT2D eigenvalue weighted by atomic mass is 10.1. The number of fused-ring (bicyclic) bond motifs is 3. The van der Waals surface area contributed by atoms with E-state index in [-0.39, 0.29) is 11.7 Å². The smallest absolute Gasteiger partial charge is 0.234 e. The Bertz CT molecular complexity index is 1420. The number of para-hydroxylation sites is 4. The minimum atomic E-state index is -0.146. The first-order valence-corrected chi connectivity index (χ1v) is 11.2. The Morgan fingerprint density at radius 3 is 2.59 bits per heavy atom. The molecule has 0 bridgehead atoms.